The van der Waals surface area contributed by atoms with Crippen LogP contribution in [0, 0.1) is 0 Å². The van der Waals surface area contributed by atoms with Crippen molar-refractivity contribution in [3.8, 4) is 0 Å². The second kappa shape index (κ2) is 7.85. The molecular weight excluding hydrogens is 278 g/mol. The van der Waals surface area contributed by atoms with Gasteiger partial charge in [-0.1, -0.05) is 35.0 Å². The fraction of sp³-hybridized carbons (Fsp3) is 0.571. The summed E-state index contributed by atoms with van der Waals surface area (Å²) >= 11 is 3.50. The molecule has 0 saturated heterocycles. The van der Waals surface area contributed by atoms with Gasteiger partial charge in [0.05, 0.1) is 12.7 Å². The van der Waals surface area contributed by atoms with Gasteiger partial charge < -0.3 is 10.1 Å². The van der Waals surface area contributed by atoms with E-state index in [1.54, 1.807) is 0 Å². The molecule has 0 fully saturated rings. The molecule has 1 aromatic rings. The molecule has 0 bridgehead atoms. The lowest BCUT2D eigenvalue weighted by Gasteiger charge is -2.19. The van der Waals surface area contributed by atoms with E-state index in [9.17, 15) is 0 Å². The number of ether oxygens (including phenoxy) is 1. The minimum atomic E-state index is 0.290. The third-order valence-electron chi connectivity index (χ3n) is 2.49. The molecule has 0 amide bonds. The van der Waals surface area contributed by atoms with Gasteiger partial charge in [0.25, 0.3) is 0 Å². The summed E-state index contributed by atoms with van der Waals surface area (Å²) in [5.41, 5.74) is 1.33. The summed E-state index contributed by atoms with van der Waals surface area (Å²) in [6.07, 6.45) is 1.29. The third kappa shape index (κ3) is 6.20. The molecular formula is C14H22BrNO. The van der Waals surface area contributed by atoms with Crippen molar-refractivity contribution >= 4 is 15.9 Å². The highest BCUT2D eigenvalue weighted by Gasteiger charge is 2.09. The zero-order chi connectivity index (χ0) is 12.7. The Balaban J connectivity index is 2.53. The monoisotopic (exact) mass is 299 g/mol. The molecule has 96 valence electrons. The molecule has 3 heteroatoms. The maximum atomic E-state index is 5.68. The van der Waals surface area contributed by atoms with Crippen LogP contribution in [0.25, 0.3) is 0 Å². The summed E-state index contributed by atoms with van der Waals surface area (Å²) in [6.45, 7) is 8.01. The van der Waals surface area contributed by atoms with Crippen molar-refractivity contribution < 1.29 is 4.74 Å². The summed E-state index contributed by atoms with van der Waals surface area (Å²) in [5, 5.41) is 3.47. The molecule has 0 radical (unpaired) electrons. The summed E-state index contributed by atoms with van der Waals surface area (Å²) < 4.78 is 6.82. The van der Waals surface area contributed by atoms with Gasteiger partial charge in [0.2, 0.25) is 0 Å². The van der Waals surface area contributed by atoms with E-state index in [0.717, 1.165) is 24.0 Å². The van der Waals surface area contributed by atoms with Gasteiger partial charge in [0, 0.05) is 10.5 Å². The molecule has 0 saturated carbocycles. The van der Waals surface area contributed by atoms with Gasteiger partial charge in [-0.25, -0.2) is 0 Å². The van der Waals surface area contributed by atoms with Crippen LogP contribution in [0.2, 0.25) is 0 Å². The van der Waals surface area contributed by atoms with Crippen LogP contribution < -0.4 is 5.32 Å². The molecule has 0 spiro atoms. The Morgan fingerprint density at radius 3 is 2.71 bits per heavy atom. The summed E-state index contributed by atoms with van der Waals surface area (Å²) in [6, 6.07) is 8.84. The lowest BCUT2D eigenvalue weighted by atomic mass is 10.1. The van der Waals surface area contributed by atoms with Crippen LogP contribution >= 0.6 is 15.9 Å². The summed E-state index contributed by atoms with van der Waals surface area (Å²) in [7, 11) is 0. The lowest BCUT2D eigenvalue weighted by molar-refractivity contribution is 0.0616. The number of rotatable bonds is 7. The molecule has 1 unspecified atom stereocenters. The molecule has 0 aliphatic rings. The Morgan fingerprint density at radius 1 is 1.35 bits per heavy atom. The van der Waals surface area contributed by atoms with Gasteiger partial charge in [-0.15, -0.1) is 0 Å². The molecule has 0 aliphatic carbocycles. The van der Waals surface area contributed by atoms with Crippen LogP contribution in [-0.2, 0) is 11.2 Å². The Hall–Kier alpha value is -0.380. The first-order valence-corrected chi connectivity index (χ1v) is 7.00. The van der Waals surface area contributed by atoms with Gasteiger partial charge >= 0.3 is 0 Å². The molecule has 2 nitrogen and oxygen atoms in total. The molecule has 1 rings (SSSR count). The maximum absolute atomic E-state index is 5.68. The Labute approximate surface area is 113 Å². The Morgan fingerprint density at radius 2 is 2.12 bits per heavy atom. The highest BCUT2D eigenvalue weighted by Crippen LogP contribution is 2.13. The molecule has 0 heterocycles. The maximum Gasteiger partial charge on any atom is 0.0626 e. The van der Waals surface area contributed by atoms with Crippen LogP contribution in [0.15, 0.2) is 28.7 Å². The number of nitrogens with one attached hydrogen (secondary N) is 1. The zero-order valence-electron chi connectivity index (χ0n) is 10.9. The molecule has 1 atom stereocenters. The van der Waals surface area contributed by atoms with E-state index >= 15 is 0 Å². The van der Waals surface area contributed by atoms with Gasteiger partial charge in [-0.05, 0) is 44.5 Å². The van der Waals surface area contributed by atoms with Gasteiger partial charge in [-0.2, -0.15) is 0 Å². The van der Waals surface area contributed by atoms with E-state index in [-0.39, 0.29) is 0 Å². The Bertz CT molecular complexity index is 328. The number of likely N-dealkylation sites (N-methyl/N-ethyl adjacent to an activating group) is 1. The third-order valence-corrected chi connectivity index (χ3v) is 2.99. The second-order valence-electron chi connectivity index (χ2n) is 4.47. The van der Waals surface area contributed by atoms with Crippen molar-refractivity contribution in [1.82, 2.24) is 5.32 Å². The zero-order valence-corrected chi connectivity index (χ0v) is 12.5. The summed E-state index contributed by atoms with van der Waals surface area (Å²) in [4.78, 5) is 0. The van der Waals surface area contributed by atoms with E-state index in [1.807, 2.05) is 0 Å². The number of benzene rings is 1. The largest absolute Gasteiger partial charge is 0.377 e. The van der Waals surface area contributed by atoms with Crippen LogP contribution in [0.5, 0.6) is 0 Å². The highest BCUT2D eigenvalue weighted by atomic mass is 79.9. The molecule has 0 aromatic heterocycles. The highest BCUT2D eigenvalue weighted by molar-refractivity contribution is 9.10. The normalized spacial score (nSPS) is 13.0. The van der Waals surface area contributed by atoms with Gasteiger partial charge in [0.1, 0.15) is 0 Å². The van der Waals surface area contributed by atoms with Crippen molar-refractivity contribution in [3.63, 3.8) is 0 Å². The average molecular weight is 300 g/mol. The van der Waals surface area contributed by atoms with Crippen molar-refractivity contribution in [2.75, 3.05) is 13.2 Å². The van der Waals surface area contributed by atoms with E-state index in [2.05, 4.69) is 66.3 Å². The number of hydrogen-bond donors (Lipinski definition) is 1. The first-order valence-electron chi connectivity index (χ1n) is 6.21. The number of halogens is 1. The van der Waals surface area contributed by atoms with E-state index in [0.29, 0.717) is 12.1 Å². The molecule has 1 N–H and O–H groups in total. The van der Waals surface area contributed by atoms with Crippen molar-refractivity contribution in [3.05, 3.63) is 34.3 Å². The van der Waals surface area contributed by atoms with E-state index < -0.39 is 0 Å². The van der Waals surface area contributed by atoms with E-state index in [1.165, 1.54) is 5.56 Å². The second-order valence-corrected chi connectivity index (χ2v) is 5.39. The van der Waals surface area contributed by atoms with Crippen LogP contribution in [0.1, 0.15) is 26.3 Å². The first kappa shape index (κ1) is 14.7. The molecule has 17 heavy (non-hydrogen) atoms. The van der Waals surface area contributed by atoms with Crippen molar-refractivity contribution in [2.45, 2.75) is 39.3 Å². The SMILES string of the molecule is CCNC(COC(C)C)Cc1cccc(Br)c1. The standard InChI is InChI=1S/C14H22BrNO/c1-4-16-14(10-17-11(2)3)9-12-6-5-7-13(15)8-12/h5-8,11,14,16H,4,9-10H2,1-3H3. The van der Waals surface area contributed by atoms with Crippen LogP contribution in [0.4, 0.5) is 0 Å². The van der Waals surface area contributed by atoms with Crippen molar-refractivity contribution in [1.29, 1.82) is 0 Å². The van der Waals surface area contributed by atoms with Crippen molar-refractivity contribution in [2.24, 2.45) is 0 Å². The van der Waals surface area contributed by atoms with E-state index in [4.69, 9.17) is 4.74 Å². The predicted octanol–water partition coefficient (Wildman–Crippen LogP) is 3.39. The first-order chi connectivity index (χ1) is 8.11. The van der Waals surface area contributed by atoms with Crippen LogP contribution in [0.3, 0.4) is 0 Å². The topological polar surface area (TPSA) is 21.3 Å². The smallest absolute Gasteiger partial charge is 0.0626 e. The number of hydrogen-bond acceptors (Lipinski definition) is 2. The van der Waals surface area contributed by atoms with Gasteiger partial charge in [0.15, 0.2) is 0 Å². The Kier molecular flexibility index (Phi) is 6.78. The average Bonchev–Trinajstić information content (AvgIpc) is 2.26. The summed E-state index contributed by atoms with van der Waals surface area (Å²) in [5.74, 6) is 0. The minimum absolute atomic E-state index is 0.290. The van der Waals surface area contributed by atoms with Crippen LogP contribution in [-0.4, -0.2) is 25.3 Å². The minimum Gasteiger partial charge on any atom is -0.377 e. The van der Waals surface area contributed by atoms with Gasteiger partial charge in [-0.3, -0.25) is 0 Å². The predicted molar refractivity (Wildman–Crippen MR) is 76.4 cm³/mol. The lowest BCUT2D eigenvalue weighted by Crippen LogP contribution is -2.36. The fourth-order valence-electron chi connectivity index (χ4n) is 1.74. The molecule has 0 aliphatic heterocycles. The quantitative estimate of drug-likeness (QED) is 0.833. The fourth-order valence-corrected chi connectivity index (χ4v) is 2.18. The molecule has 1 aromatic carbocycles.